The van der Waals surface area contributed by atoms with Gasteiger partial charge < -0.3 is 10.6 Å². The fraction of sp³-hybridized carbons (Fsp3) is 0.364. The van der Waals surface area contributed by atoms with Gasteiger partial charge in [-0.15, -0.1) is 11.8 Å². The molecule has 0 aliphatic rings. The van der Waals surface area contributed by atoms with Crippen molar-refractivity contribution in [3.63, 3.8) is 0 Å². The molecule has 4 nitrogen and oxygen atoms in total. The van der Waals surface area contributed by atoms with E-state index in [4.69, 9.17) is 0 Å². The number of nitrogens with one attached hydrogen (secondary N) is 2. The van der Waals surface area contributed by atoms with Crippen LogP contribution in [0.1, 0.15) is 44.2 Å². The van der Waals surface area contributed by atoms with Gasteiger partial charge in [0, 0.05) is 22.7 Å². The number of hydrogen-bond donors (Lipinski definition) is 2. The molecule has 0 aromatic heterocycles. The van der Waals surface area contributed by atoms with Crippen LogP contribution in [0, 0.1) is 13.8 Å². The first-order valence-electron chi connectivity index (χ1n) is 9.33. The number of hydrogen-bond acceptors (Lipinski definition) is 3. The Kier molecular flexibility index (Phi) is 7.92. The van der Waals surface area contributed by atoms with Crippen LogP contribution >= 0.6 is 11.8 Å². The largest absolute Gasteiger partial charge is 0.326 e. The number of thioether (sulfide) groups is 1. The molecular weight excluding hydrogens is 356 g/mol. The van der Waals surface area contributed by atoms with Crippen molar-refractivity contribution in [2.24, 2.45) is 0 Å². The lowest BCUT2D eigenvalue weighted by molar-refractivity contribution is -0.116. The third-order valence-electron chi connectivity index (χ3n) is 4.23. The fourth-order valence-electron chi connectivity index (χ4n) is 2.54. The van der Waals surface area contributed by atoms with E-state index in [0.29, 0.717) is 6.42 Å². The minimum absolute atomic E-state index is 0.0226. The molecule has 5 heteroatoms. The highest BCUT2D eigenvalue weighted by Gasteiger charge is 2.15. The van der Waals surface area contributed by atoms with Crippen molar-refractivity contribution in [3.05, 3.63) is 53.6 Å². The third kappa shape index (κ3) is 6.75. The van der Waals surface area contributed by atoms with Gasteiger partial charge in [-0.2, -0.15) is 0 Å². The Morgan fingerprint density at radius 1 is 1.04 bits per heavy atom. The fourth-order valence-corrected chi connectivity index (χ4v) is 3.41. The van der Waals surface area contributed by atoms with E-state index < -0.39 is 0 Å². The van der Waals surface area contributed by atoms with Gasteiger partial charge in [-0.25, -0.2) is 0 Å². The Bertz CT molecular complexity index is 787. The Labute approximate surface area is 166 Å². The smallest absolute Gasteiger partial charge is 0.237 e. The number of amides is 2. The highest BCUT2D eigenvalue weighted by atomic mass is 32.2. The second-order valence-electron chi connectivity index (χ2n) is 6.74. The lowest BCUT2D eigenvalue weighted by Gasteiger charge is -2.14. The van der Waals surface area contributed by atoms with Gasteiger partial charge in [-0.05, 0) is 68.7 Å². The first kappa shape index (κ1) is 21.0. The second-order valence-corrected chi connectivity index (χ2v) is 8.16. The van der Waals surface area contributed by atoms with Crippen molar-refractivity contribution < 1.29 is 9.59 Å². The Morgan fingerprint density at radius 2 is 1.74 bits per heavy atom. The van der Waals surface area contributed by atoms with Crippen LogP contribution in [0.5, 0.6) is 0 Å². The van der Waals surface area contributed by atoms with Gasteiger partial charge in [0.05, 0.1) is 5.25 Å². The summed E-state index contributed by atoms with van der Waals surface area (Å²) in [7, 11) is 0. The van der Waals surface area contributed by atoms with Gasteiger partial charge in [0.2, 0.25) is 11.8 Å². The normalized spacial score (nSPS) is 11.7. The summed E-state index contributed by atoms with van der Waals surface area (Å²) in [6.45, 7) is 7.96. The Hall–Kier alpha value is -2.27. The minimum atomic E-state index is -0.227. The molecule has 2 N–H and O–H groups in total. The van der Waals surface area contributed by atoms with E-state index in [-0.39, 0.29) is 17.1 Å². The summed E-state index contributed by atoms with van der Waals surface area (Å²) in [5.74, 6) is 0.0177. The van der Waals surface area contributed by atoms with E-state index in [1.54, 1.807) is 0 Å². The third-order valence-corrected chi connectivity index (χ3v) is 5.34. The van der Waals surface area contributed by atoms with E-state index >= 15 is 0 Å². The summed E-state index contributed by atoms with van der Waals surface area (Å²) in [6, 6.07) is 13.6. The molecule has 2 aromatic carbocycles. The molecular formula is C22H28N2O2S. The molecule has 27 heavy (non-hydrogen) atoms. The van der Waals surface area contributed by atoms with Gasteiger partial charge in [-0.1, -0.05) is 25.5 Å². The number of carbonyl (C=O) groups excluding carboxylic acids is 2. The van der Waals surface area contributed by atoms with Crippen LogP contribution < -0.4 is 10.6 Å². The molecule has 144 valence electrons. The molecule has 2 amide bonds. The zero-order valence-corrected chi connectivity index (χ0v) is 17.3. The van der Waals surface area contributed by atoms with Crippen LogP contribution in [0.25, 0.3) is 0 Å². The van der Waals surface area contributed by atoms with E-state index in [1.807, 2.05) is 63.2 Å². The number of aryl methyl sites for hydroxylation is 2. The van der Waals surface area contributed by atoms with Crippen molar-refractivity contribution in [1.82, 2.24) is 0 Å². The Balaban J connectivity index is 1.91. The highest BCUT2D eigenvalue weighted by molar-refractivity contribution is 8.00. The van der Waals surface area contributed by atoms with Crippen LogP contribution in [-0.4, -0.2) is 17.1 Å². The van der Waals surface area contributed by atoms with Crippen LogP contribution in [0.3, 0.4) is 0 Å². The maximum Gasteiger partial charge on any atom is 0.237 e. The maximum absolute atomic E-state index is 12.5. The van der Waals surface area contributed by atoms with Crippen molar-refractivity contribution in [3.8, 4) is 0 Å². The summed E-state index contributed by atoms with van der Waals surface area (Å²) in [6.07, 6.45) is 2.44. The first-order chi connectivity index (χ1) is 12.9. The molecule has 2 rings (SSSR count). The van der Waals surface area contributed by atoms with Crippen molar-refractivity contribution in [1.29, 1.82) is 0 Å². The SMILES string of the molecule is CCCCC(=O)Nc1ccc(SC(C)C(=O)Nc2cc(C)ccc2C)cc1. The second kappa shape index (κ2) is 10.2. The summed E-state index contributed by atoms with van der Waals surface area (Å²) in [5.41, 5.74) is 3.81. The van der Waals surface area contributed by atoms with Crippen molar-refractivity contribution >= 4 is 35.0 Å². The average molecular weight is 385 g/mol. The van der Waals surface area contributed by atoms with Gasteiger partial charge in [0.25, 0.3) is 0 Å². The summed E-state index contributed by atoms with van der Waals surface area (Å²) in [4.78, 5) is 25.3. The van der Waals surface area contributed by atoms with E-state index in [1.165, 1.54) is 11.8 Å². The van der Waals surface area contributed by atoms with Crippen molar-refractivity contribution in [2.45, 2.75) is 57.1 Å². The molecule has 0 spiro atoms. The van der Waals surface area contributed by atoms with E-state index in [9.17, 15) is 9.59 Å². The van der Waals surface area contributed by atoms with Gasteiger partial charge in [-0.3, -0.25) is 9.59 Å². The number of carbonyl (C=O) groups is 2. The topological polar surface area (TPSA) is 58.2 Å². The van der Waals surface area contributed by atoms with Gasteiger partial charge in [0.15, 0.2) is 0 Å². The monoisotopic (exact) mass is 384 g/mol. The summed E-state index contributed by atoms with van der Waals surface area (Å²) >= 11 is 1.50. The van der Waals surface area contributed by atoms with Gasteiger partial charge in [0.1, 0.15) is 0 Å². The van der Waals surface area contributed by atoms with Crippen LogP contribution in [0.15, 0.2) is 47.4 Å². The first-order valence-corrected chi connectivity index (χ1v) is 10.2. The lowest BCUT2D eigenvalue weighted by atomic mass is 10.1. The molecule has 2 aromatic rings. The summed E-state index contributed by atoms with van der Waals surface area (Å²) < 4.78 is 0. The van der Waals surface area contributed by atoms with E-state index in [0.717, 1.165) is 40.2 Å². The predicted molar refractivity (Wildman–Crippen MR) is 114 cm³/mol. The molecule has 0 saturated heterocycles. The zero-order valence-electron chi connectivity index (χ0n) is 16.5. The molecule has 0 bridgehead atoms. The molecule has 0 fully saturated rings. The molecule has 1 unspecified atom stereocenters. The van der Waals surface area contributed by atoms with Crippen LogP contribution in [0.4, 0.5) is 11.4 Å². The van der Waals surface area contributed by atoms with Crippen molar-refractivity contribution in [2.75, 3.05) is 10.6 Å². The molecule has 0 heterocycles. The lowest BCUT2D eigenvalue weighted by Crippen LogP contribution is -2.22. The standard InChI is InChI=1S/C22H28N2O2S/c1-5-6-7-21(25)23-18-10-12-19(13-11-18)27-17(4)22(26)24-20-14-15(2)8-9-16(20)3/h8-14,17H,5-7H2,1-4H3,(H,23,25)(H,24,26). The average Bonchev–Trinajstić information content (AvgIpc) is 2.64. The quantitative estimate of drug-likeness (QED) is 0.587. The minimum Gasteiger partial charge on any atom is -0.326 e. The van der Waals surface area contributed by atoms with Crippen LogP contribution in [0.2, 0.25) is 0 Å². The molecule has 1 atom stereocenters. The number of anilines is 2. The molecule has 0 radical (unpaired) electrons. The number of rotatable bonds is 8. The van der Waals surface area contributed by atoms with Gasteiger partial charge >= 0.3 is 0 Å². The highest BCUT2D eigenvalue weighted by Crippen LogP contribution is 2.26. The maximum atomic E-state index is 12.5. The number of benzene rings is 2. The van der Waals surface area contributed by atoms with Crippen LogP contribution in [-0.2, 0) is 9.59 Å². The predicted octanol–water partition coefficient (Wildman–Crippen LogP) is 5.55. The van der Waals surface area contributed by atoms with E-state index in [2.05, 4.69) is 17.6 Å². The Morgan fingerprint density at radius 3 is 2.41 bits per heavy atom. The molecule has 0 aliphatic heterocycles. The zero-order chi connectivity index (χ0) is 19.8. The molecule has 0 aliphatic carbocycles. The summed E-state index contributed by atoms with van der Waals surface area (Å²) in [5, 5.41) is 5.68. The number of unbranched alkanes of at least 4 members (excludes halogenated alkanes) is 1. The molecule has 0 saturated carbocycles.